The first-order chi connectivity index (χ1) is 10.4. The molecule has 6 heteroatoms. The van der Waals surface area contributed by atoms with Gasteiger partial charge in [0.25, 0.3) is 0 Å². The summed E-state index contributed by atoms with van der Waals surface area (Å²) in [6.07, 6.45) is 2.14. The lowest BCUT2D eigenvalue weighted by Gasteiger charge is -2.33. The molecule has 2 N–H and O–H groups in total. The van der Waals surface area contributed by atoms with Gasteiger partial charge in [0.2, 0.25) is 10.0 Å². The molecule has 0 bridgehead atoms. The van der Waals surface area contributed by atoms with Gasteiger partial charge in [0.15, 0.2) is 5.78 Å². The summed E-state index contributed by atoms with van der Waals surface area (Å²) in [6, 6.07) is 6.30. The Kier molecular flexibility index (Phi) is 5.36. The van der Waals surface area contributed by atoms with Gasteiger partial charge < -0.3 is 5.73 Å². The topological polar surface area (TPSA) is 80.5 Å². The van der Waals surface area contributed by atoms with Crippen LogP contribution < -0.4 is 5.73 Å². The molecule has 1 aliphatic rings. The number of hydrogen-bond acceptors (Lipinski definition) is 4. The molecule has 1 aromatic rings. The number of sulfonamides is 1. The van der Waals surface area contributed by atoms with Gasteiger partial charge >= 0.3 is 0 Å². The van der Waals surface area contributed by atoms with E-state index < -0.39 is 10.0 Å². The van der Waals surface area contributed by atoms with E-state index in [-0.39, 0.29) is 22.6 Å². The molecule has 1 aliphatic heterocycles. The summed E-state index contributed by atoms with van der Waals surface area (Å²) in [5, 5.41) is 0. The lowest BCUT2D eigenvalue weighted by Crippen LogP contribution is -2.44. The van der Waals surface area contributed by atoms with Gasteiger partial charge in [0, 0.05) is 31.1 Å². The fourth-order valence-electron chi connectivity index (χ4n) is 2.80. The second kappa shape index (κ2) is 6.89. The smallest absolute Gasteiger partial charge is 0.243 e. The average molecular weight is 324 g/mol. The number of nitrogens with zero attached hydrogens (tertiary/aromatic N) is 1. The van der Waals surface area contributed by atoms with Crippen molar-refractivity contribution < 1.29 is 13.2 Å². The molecule has 1 aromatic carbocycles. The number of hydrogen-bond donors (Lipinski definition) is 1. The van der Waals surface area contributed by atoms with Crippen LogP contribution in [-0.2, 0) is 10.0 Å². The molecule has 2 rings (SSSR count). The molecule has 122 valence electrons. The zero-order chi connectivity index (χ0) is 16.3. The fourth-order valence-corrected chi connectivity index (χ4v) is 4.39. The van der Waals surface area contributed by atoms with E-state index in [0.717, 1.165) is 12.8 Å². The van der Waals surface area contributed by atoms with E-state index in [1.54, 1.807) is 25.1 Å². The predicted molar refractivity (Wildman–Crippen MR) is 86.2 cm³/mol. The van der Waals surface area contributed by atoms with E-state index >= 15 is 0 Å². The summed E-state index contributed by atoms with van der Waals surface area (Å²) in [5.41, 5.74) is 6.38. The summed E-state index contributed by atoms with van der Waals surface area (Å²) in [6.45, 7) is 4.64. The summed E-state index contributed by atoms with van der Waals surface area (Å²) in [5.74, 6) is 0.133. The quantitative estimate of drug-likeness (QED) is 0.840. The molecule has 0 aliphatic carbocycles. The van der Waals surface area contributed by atoms with Crippen LogP contribution in [0.25, 0.3) is 0 Å². The van der Waals surface area contributed by atoms with Gasteiger partial charge in [-0.1, -0.05) is 19.1 Å². The summed E-state index contributed by atoms with van der Waals surface area (Å²) in [7, 11) is -3.57. The van der Waals surface area contributed by atoms with Crippen LogP contribution in [0.5, 0.6) is 0 Å². The third kappa shape index (κ3) is 3.56. The Morgan fingerprint density at radius 2 is 2.18 bits per heavy atom. The number of ketones is 1. The van der Waals surface area contributed by atoms with E-state index in [0.29, 0.717) is 25.1 Å². The standard InChI is InChI=1S/C16H24N2O3S/c1-3-16(19)13-6-4-8-15(10-13)22(20,21)18-9-5-7-14(11-18)12(2)17/h4,6,8,10,12,14H,3,5,7,9,11,17H2,1-2H3. The molecule has 1 saturated heterocycles. The van der Waals surface area contributed by atoms with Crippen molar-refractivity contribution in [1.82, 2.24) is 4.31 Å². The first-order valence-corrected chi connectivity index (χ1v) is 9.19. The second-order valence-electron chi connectivity index (χ2n) is 5.93. The molecule has 0 amide bonds. The Labute approximate surface area is 132 Å². The zero-order valence-electron chi connectivity index (χ0n) is 13.2. The summed E-state index contributed by atoms with van der Waals surface area (Å²) < 4.78 is 27.1. The molecule has 0 spiro atoms. The molecule has 1 fully saturated rings. The van der Waals surface area contributed by atoms with E-state index in [9.17, 15) is 13.2 Å². The van der Waals surface area contributed by atoms with Crippen LogP contribution >= 0.6 is 0 Å². The third-order valence-corrected chi connectivity index (χ3v) is 6.14. The van der Waals surface area contributed by atoms with E-state index in [4.69, 9.17) is 5.73 Å². The SMILES string of the molecule is CCC(=O)c1cccc(S(=O)(=O)N2CCCC(C(C)N)C2)c1. The summed E-state index contributed by atoms with van der Waals surface area (Å²) in [4.78, 5) is 12.0. The van der Waals surface area contributed by atoms with Gasteiger partial charge in [0.1, 0.15) is 0 Å². The minimum Gasteiger partial charge on any atom is -0.328 e. The van der Waals surface area contributed by atoms with Gasteiger partial charge in [-0.05, 0) is 37.8 Å². The number of carbonyl (C=O) groups excluding carboxylic acids is 1. The van der Waals surface area contributed by atoms with Crippen LogP contribution in [0.2, 0.25) is 0 Å². The predicted octanol–water partition coefficient (Wildman–Crippen LogP) is 2.03. The van der Waals surface area contributed by atoms with Gasteiger partial charge in [-0.15, -0.1) is 0 Å². The first-order valence-electron chi connectivity index (χ1n) is 7.75. The Morgan fingerprint density at radius 1 is 1.45 bits per heavy atom. The highest BCUT2D eigenvalue weighted by molar-refractivity contribution is 7.89. The highest BCUT2D eigenvalue weighted by Crippen LogP contribution is 2.25. The lowest BCUT2D eigenvalue weighted by molar-refractivity contribution is 0.0988. The maximum atomic E-state index is 12.8. The highest BCUT2D eigenvalue weighted by Gasteiger charge is 2.31. The Morgan fingerprint density at radius 3 is 2.82 bits per heavy atom. The number of piperidine rings is 1. The number of carbonyl (C=O) groups is 1. The number of rotatable bonds is 5. The van der Waals surface area contributed by atoms with Crippen LogP contribution in [0.4, 0.5) is 0 Å². The van der Waals surface area contributed by atoms with Crippen molar-refractivity contribution >= 4 is 15.8 Å². The molecule has 0 radical (unpaired) electrons. The molecule has 22 heavy (non-hydrogen) atoms. The van der Waals surface area contributed by atoms with Gasteiger partial charge in [0.05, 0.1) is 4.90 Å². The minimum absolute atomic E-state index is 0.0222. The molecule has 2 atom stereocenters. The molecular formula is C16H24N2O3S. The second-order valence-corrected chi connectivity index (χ2v) is 7.87. The van der Waals surface area contributed by atoms with Crippen molar-refractivity contribution in [3.8, 4) is 0 Å². The maximum Gasteiger partial charge on any atom is 0.243 e. The van der Waals surface area contributed by atoms with Gasteiger partial charge in [-0.3, -0.25) is 4.79 Å². The lowest BCUT2D eigenvalue weighted by atomic mass is 9.93. The molecule has 2 unspecified atom stereocenters. The zero-order valence-corrected chi connectivity index (χ0v) is 14.0. The van der Waals surface area contributed by atoms with Crippen LogP contribution in [0, 0.1) is 5.92 Å². The van der Waals surface area contributed by atoms with E-state index in [1.165, 1.54) is 10.4 Å². The van der Waals surface area contributed by atoms with Crippen molar-refractivity contribution in [2.75, 3.05) is 13.1 Å². The molecule has 0 aromatic heterocycles. The monoisotopic (exact) mass is 324 g/mol. The molecular weight excluding hydrogens is 300 g/mol. The number of Topliss-reactive ketones (excluding diaryl/α,β-unsaturated/α-hetero) is 1. The fraction of sp³-hybridized carbons (Fsp3) is 0.562. The number of nitrogens with two attached hydrogens (primary N) is 1. The largest absolute Gasteiger partial charge is 0.328 e. The van der Waals surface area contributed by atoms with Crippen LogP contribution in [0.3, 0.4) is 0 Å². The Hall–Kier alpha value is -1.24. The van der Waals surface area contributed by atoms with Gasteiger partial charge in [-0.25, -0.2) is 8.42 Å². The average Bonchev–Trinajstić information content (AvgIpc) is 2.54. The van der Waals surface area contributed by atoms with Crippen molar-refractivity contribution in [2.24, 2.45) is 11.7 Å². The Bertz CT molecular complexity index is 641. The molecule has 1 heterocycles. The van der Waals surface area contributed by atoms with Crippen LogP contribution in [0.1, 0.15) is 43.5 Å². The maximum absolute atomic E-state index is 12.8. The van der Waals surface area contributed by atoms with Crippen molar-refractivity contribution in [3.63, 3.8) is 0 Å². The first kappa shape index (κ1) is 17.1. The van der Waals surface area contributed by atoms with Crippen molar-refractivity contribution in [2.45, 2.75) is 44.0 Å². The normalized spacial score (nSPS) is 21.5. The van der Waals surface area contributed by atoms with E-state index in [2.05, 4.69) is 0 Å². The number of benzene rings is 1. The van der Waals surface area contributed by atoms with Crippen molar-refractivity contribution in [1.29, 1.82) is 0 Å². The molecule has 5 nitrogen and oxygen atoms in total. The third-order valence-electron chi connectivity index (χ3n) is 4.28. The Balaban J connectivity index is 2.28. The van der Waals surface area contributed by atoms with Crippen molar-refractivity contribution in [3.05, 3.63) is 29.8 Å². The van der Waals surface area contributed by atoms with Gasteiger partial charge in [-0.2, -0.15) is 4.31 Å². The van der Waals surface area contributed by atoms with Crippen LogP contribution in [-0.4, -0.2) is 37.6 Å². The molecule has 0 saturated carbocycles. The summed E-state index contributed by atoms with van der Waals surface area (Å²) >= 11 is 0. The van der Waals surface area contributed by atoms with Crippen LogP contribution in [0.15, 0.2) is 29.2 Å². The minimum atomic E-state index is -3.57. The highest BCUT2D eigenvalue weighted by atomic mass is 32.2. The van der Waals surface area contributed by atoms with E-state index in [1.807, 2.05) is 6.92 Å².